The Morgan fingerprint density at radius 1 is 1.06 bits per heavy atom. The molecule has 3 aromatic carbocycles. The Labute approximate surface area is 191 Å². The van der Waals surface area contributed by atoms with Gasteiger partial charge < -0.3 is 9.88 Å². The predicted octanol–water partition coefficient (Wildman–Crippen LogP) is 4.05. The first-order chi connectivity index (χ1) is 15.8. The molecule has 7 nitrogen and oxygen atoms in total. The van der Waals surface area contributed by atoms with Crippen LogP contribution in [0.2, 0.25) is 0 Å². The molecule has 0 saturated heterocycles. The first-order valence-corrected chi connectivity index (χ1v) is 11.6. The number of hydrogen-bond acceptors (Lipinski definition) is 4. The number of benzene rings is 3. The largest absolute Gasteiger partial charge is 0.348 e. The smallest absolute Gasteiger partial charge is 0.261 e. The standard InChI is InChI=1S/C24H21FN4O3S/c1-17-4-2-3-5-22(17)28-33(31,32)20-9-7-19(8-10-20)24(30)27-15-18-6-11-23(21(25)14-18)29-13-12-26-16-29/h2-14,16,28H,15H2,1H3,(H,27,30). The lowest BCUT2D eigenvalue weighted by Crippen LogP contribution is -2.23. The zero-order valence-corrected chi connectivity index (χ0v) is 18.5. The van der Waals surface area contributed by atoms with Gasteiger partial charge in [0, 0.05) is 24.5 Å². The number of rotatable bonds is 7. The van der Waals surface area contributed by atoms with Crippen LogP contribution in [0.25, 0.3) is 5.69 Å². The number of nitrogens with zero attached hydrogens (tertiary/aromatic N) is 2. The molecule has 0 aliphatic rings. The second-order valence-corrected chi connectivity index (χ2v) is 9.07. The first kappa shape index (κ1) is 22.2. The van der Waals surface area contributed by atoms with Crippen LogP contribution in [0.15, 0.2) is 90.3 Å². The number of aryl methyl sites for hydroxylation is 1. The second-order valence-electron chi connectivity index (χ2n) is 7.38. The number of hydrogen-bond donors (Lipinski definition) is 2. The van der Waals surface area contributed by atoms with Crippen LogP contribution in [0.5, 0.6) is 0 Å². The Morgan fingerprint density at radius 3 is 2.48 bits per heavy atom. The molecule has 4 aromatic rings. The van der Waals surface area contributed by atoms with Crippen LogP contribution in [0.1, 0.15) is 21.5 Å². The molecule has 0 atom stereocenters. The number of para-hydroxylation sites is 1. The molecule has 1 aromatic heterocycles. The summed E-state index contributed by atoms with van der Waals surface area (Å²) in [6, 6.07) is 17.3. The van der Waals surface area contributed by atoms with Crippen molar-refractivity contribution in [3.8, 4) is 5.69 Å². The molecule has 0 unspecified atom stereocenters. The van der Waals surface area contributed by atoms with Gasteiger partial charge >= 0.3 is 0 Å². The maximum Gasteiger partial charge on any atom is 0.261 e. The molecule has 2 N–H and O–H groups in total. The molecule has 9 heteroatoms. The minimum absolute atomic E-state index is 0.0412. The topological polar surface area (TPSA) is 93.1 Å². The third-order valence-corrected chi connectivity index (χ3v) is 6.45. The van der Waals surface area contributed by atoms with E-state index >= 15 is 0 Å². The molecular formula is C24H21FN4O3S. The molecule has 0 radical (unpaired) electrons. The van der Waals surface area contributed by atoms with E-state index in [0.717, 1.165) is 5.56 Å². The molecule has 33 heavy (non-hydrogen) atoms. The molecule has 0 aliphatic heterocycles. The van der Waals surface area contributed by atoms with Gasteiger partial charge in [0.05, 0.1) is 22.6 Å². The molecule has 4 rings (SSSR count). The van der Waals surface area contributed by atoms with Crippen molar-refractivity contribution < 1.29 is 17.6 Å². The maximum atomic E-state index is 14.4. The maximum absolute atomic E-state index is 14.4. The van der Waals surface area contributed by atoms with E-state index < -0.39 is 21.7 Å². The van der Waals surface area contributed by atoms with Crippen molar-refractivity contribution in [2.45, 2.75) is 18.4 Å². The number of carbonyl (C=O) groups excluding carboxylic acids is 1. The second kappa shape index (κ2) is 9.25. The summed E-state index contributed by atoms with van der Waals surface area (Å²) < 4.78 is 43.8. The van der Waals surface area contributed by atoms with Gasteiger partial charge in [0.25, 0.3) is 15.9 Å². The average Bonchev–Trinajstić information content (AvgIpc) is 3.34. The van der Waals surface area contributed by atoms with Crippen molar-refractivity contribution >= 4 is 21.6 Å². The number of aromatic nitrogens is 2. The van der Waals surface area contributed by atoms with Crippen molar-refractivity contribution in [2.75, 3.05) is 4.72 Å². The number of halogens is 1. The van der Waals surface area contributed by atoms with Crippen molar-refractivity contribution in [1.29, 1.82) is 0 Å². The van der Waals surface area contributed by atoms with Crippen molar-refractivity contribution in [3.63, 3.8) is 0 Å². The van der Waals surface area contributed by atoms with Crippen LogP contribution in [-0.4, -0.2) is 23.9 Å². The highest BCUT2D eigenvalue weighted by Crippen LogP contribution is 2.20. The Morgan fingerprint density at radius 2 is 1.82 bits per heavy atom. The first-order valence-electron chi connectivity index (χ1n) is 10.1. The van der Waals surface area contributed by atoms with Crippen molar-refractivity contribution in [3.05, 3.63) is 108 Å². The van der Waals surface area contributed by atoms with Gasteiger partial charge in [-0.25, -0.2) is 17.8 Å². The van der Waals surface area contributed by atoms with E-state index in [1.165, 1.54) is 36.7 Å². The third-order valence-electron chi connectivity index (χ3n) is 5.06. The van der Waals surface area contributed by atoms with Crippen LogP contribution in [-0.2, 0) is 16.6 Å². The summed E-state index contributed by atoms with van der Waals surface area (Å²) >= 11 is 0. The van der Waals surface area contributed by atoms with Gasteiger partial charge in [-0.15, -0.1) is 0 Å². The van der Waals surface area contributed by atoms with E-state index in [1.807, 2.05) is 19.1 Å². The SMILES string of the molecule is Cc1ccccc1NS(=O)(=O)c1ccc(C(=O)NCc2ccc(-n3ccnc3)c(F)c2)cc1. The van der Waals surface area contributed by atoms with E-state index in [9.17, 15) is 17.6 Å². The fourth-order valence-electron chi connectivity index (χ4n) is 3.23. The molecule has 0 bridgehead atoms. The van der Waals surface area contributed by atoms with Gasteiger partial charge in [0.15, 0.2) is 0 Å². The third kappa shape index (κ3) is 5.09. The van der Waals surface area contributed by atoms with Crippen LogP contribution in [0, 0.1) is 12.7 Å². The molecule has 0 saturated carbocycles. The summed E-state index contributed by atoms with van der Waals surface area (Å²) in [6.07, 6.45) is 4.70. The van der Waals surface area contributed by atoms with Crippen molar-refractivity contribution in [1.82, 2.24) is 14.9 Å². The van der Waals surface area contributed by atoms with Crippen LogP contribution in [0.3, 0.4) is 0 Å². The van der Waals surface area contributed by atoms with Crippen LogP contribution in [0.4, 0.5) is 10.1 Å². The van der Waals surface area contributed by atoms with Gasteiger partial charge in [-0.2, -0.15) is 0 Å². The highest BCUT2D eigenvalue weighted by Gasteiger charge is 2.16. The molecule has 0 spiro atoms. The molecule has 0 fully saturated rings. The van der Waals surface area contributed by atoms with E-state index in [0.29, 0.717) is 22.5 Å². The van der Waals surface area contributed by atoms with E-state index in [1.54, 1.807) is 41.2 Å². The van der Waals surface area contributed by atoms with Gasteiger partial charge in [-0.1, -0.05) is 24.3 Å². The Hall–Kier alpha value is -3.98. The number of sulfonamides is 1. The number of amides is 1. The molecule has 1 heterocycles. The summed E-state index contributed by atoms with van der Waals surface area (Å²) in [4.78, 5) is 16.4. The minimum atomic E-state index is -3.79. The average molecular weight is 465 g/mol. The summed E-state index contributed by atoms with van der Waals surface area (Å²) in [5.74, 6) is -0.833. The predicted molar refractivity (Wildman–Crippen MR) is 123 cm³/mol. The monoisotopic (exact) mass is 464 g/mol. The van der Waals surface area contributed by atoms with E-state index in [-0.39, 0.29) is 11.4 Å². The molecular weight excluding hydrogens is 443 g/mol. The quantitative estimate of drug-likeness (QED) is 0.432. The fourth-order valence-corrected chi connectivity index (χ4v) is 4.36. The lowest BCUT2D eigenvalue weighted by Gasteiger charge is -2.11. The summed E-state index contributed by atoms with van der Waals surface area (Å²) in [5, 5.41) is 2.71. The van der Waals surface area contributed by atoms with Crippen molar-refractivity contribution in [2.24, 2.45) is 0 Å². The van der Waals surface area contributed by atoms with Gasteiger partial charge in [-0.3, -0.25) is 9.52 Å². The highest BCUT2D eigenvalue weighted by molar-refractivity contribution is 7.92. The Kier molecular flexibility index (Phi) is 6.23. The number of carbonyl (C=O) groups is 1. The van der Waals surface area contributed by atoms with E-state index in [2.05, 4.69) is 15.0 Å². The zero-order chi connectivity index (χ0) is 23.4. The Balaban J connectivity index is 1.40. The normalized spacial score (nSPS) is 11.2. The summed E-state index contributed by atoms with van der Waals surface area (Å²) in [5.41, 5.74) is 2.53. The molecule has 1 amide bonds. The zero-order valence-electron chi connectivity index (χ0n) is 17.7. The molecule has 168 valence electrons. The Bertz CT molecular complexity index is 1390. The summed E-state index contributed by atoms with van der Waals surface area (Å²) in [6.45, 7) is 1.93. The van der Waals surface area contributed by atoms with E-state index in [4.69, 9.17) is 0 Å². The number of nitrogens with one attached hydrogen (secondary N) is 2. The highest BCUT2D eigenvalue weighted by atomic mass is 32.2. The van der Waals surface area contributed by atoms with Crippen LogP contribution < -0.4 is 10.0 Å². The fraction of sp³-hybridized carbons (Fsp3) is 0.0833. The molecule has 0 aliphatic carbocycles. The van der Waals surface area contributed by atoms with Gasteiger partial charge in [-0.05, 0) is 60.5 Å². The lowest BCUT2D eigenvalue weighted by molar-refractivity contribution is 0.0950. The van der Waals surface area contributed by atoms with Crippen LogP contribution >= 0.6 is 0 Å². The van der Waals surface area contributed by atoms with Gasteiger partial charge in [0.2, 0.25) is 0 Å². The number of anilines is 1. The minimum Gasteiger partial charge on any atom is -0.348 e. The number of imidazole rings is 1. The van der Waals surface area contributed by atoms with Gasteiger partial charge in [0.1, 0.15) is 5.82 Å². The lowest BCUT2D eigenvalue weighted by atomic mass is 10.1. The summed E-state index contributed by atoms with van der Waals surface area (Å²) in [7, 11) is -3.79.